The lowest BCUT2D eigenvalue weighted by atomic mass is 9.83. The van der Waals surface area contributed by atoms with Gasteiger partial charge in [0.05, 0.1) is 55.9 Å². The fourth-order valence-electron chi connectivity index (χ4n) is 10.5. The second kappa shape index (κ2) is 40.5. The zero-order valence-corrected chi connectivity index (χ0v) is 58.5. The lowest BCUT2D eigenvalue weighted by molar-refractivity contribution is -0.136. The Hall–Kier alpha value is -8.58. The number of anilines is 10. The maximum Gasteiger partial charge on any atom is 0.245 e. The van der Waals surface area contributed by atoms with E-state index in [9.17, 15) is 65.1 Å². The Kier molecular flexibility index (Phi) is 36.2. The summed E-state index contributed by atoms with van der Waals surface area (Å²) in [4.78, 5) is 47.1. The van der Waals surface area contributed by atoms with Crippen molar-refractivity contribution in [2.24, 2.45) is 28.7 Å². The summed E-state index contributed by atoms with van der Waals surface area (Å²) in [5, 5.41) is 98.1. The number of hydrogen-bond acceptors (Lipinski definition) is 28. The Balaban J connectivity index is 0.000000619. The smallest absolute Gasteiger partial charge is 0.245 e. The van der Waals surface area contributed by atoms with Crippen LogP contribution < -0.4 is 107 Å². The van der Waals surface area contributed by atoms with Crippen LogP contribution in [0.2, 0.25) is 0 Å². The summed E-state index contributed by atoms with van der Waals surface area (Å²) in [6, 6.07) is 20.7. The van der Waals surface area contributed by atoms with Gasteiger partial charge in [-0.05, 0) is 156 Å². The van der Waals surface area contributed by atoms with Crippen molar-refractivity contribution in [1.29, 1.82) is 0 Å². The molecule has 0 aliphatic heterocycles. The molecule has 43 N–H and O–H groups in total. The normalized spacial score (nSPS) is 15.5. The fraction of sp³-hybridized carbons (Fsp3) is 0.493. The van der Waals surface area contributed by atoms with Gasteiger partial charge < -0.3 is 153 Å². The van der Waals surface area contributed by atoms with Crippen molar-refractivity contribution in [2.75, 3.05) is 105 Å². The molecule has 0 aliphatic rings. The highest BCUT2D eigenvalue weighted by atomic mass is 16.3. The summed E-state index contributed by atoms with van der Waals surface area (Å²) in [5.41, 5.74) is 90.9. The first-order valence-corrected chi connectivity index (χ1v) is 32.0. The Morgan fingerprint density at radius 2 is 0.646 bits per heavy atom. The quantitative estimate of drug-likeness (QED) is 0.0168. The molecule has 0 saturated heterocycles. The van der Waals surface area contributed by atoms with Crippen LogP contribution in [-0.4, -0.2) is 182 Å². The molecule has 556 valence electrons. The van der Waals surface area contributed by atoms with Crippen LogP contribution in [0.1, 0.15) is 90.5 Å². The van der Waals surface area contributed by atoms with Crippen LogP contribution in [0, 0.1) is 20.8 Å². The van der Waals surface area contributed by atoms with Gasteiger partial charge in [-0.3, -0.25) is 19.2 Å². The average Bonchev–Trinajstić information content (AvgIpc) is 0.814. The minimum Gasteiger partial charge on any atom is -0.398 e. The van der Waals surface area contributed by atoms with Gasteiger partial charge in [-0.1, -0.05) is 18.6 Å². The first-order valence-electron chi connectivity index (χ1n) is 32.0. The fourth-order valence-corrected chi connectivity index (χ4v) is 10.5. The van der Waals surface area contributed by atoms with E-state index in [4.69, 9.17) is 86.0 Å². The van der Waals surface area contributed by atoms with E-state index in [0.29, 0.717) is 74.3 Å². The van der Waals surface area contributed by atoms with E-state index >= 15 is 0 Å². The molecule has 99 heavy (non-hydrogen) atoms. The summed E-state index contributed by atoms with van der Waals surface area (Å²) in [6.07, 6.45) is -2.79. The lowest BCUT2D eigenvalue weighted by Gasteiger charge is -2.35. The monoisotopic (exact) mass is 1390 g/mol. The van der Waals surface area contributed by atoms with Crippen molar-refractivity contribution >= 4 is 80.5 Å². The molecule has 5 aromatic rings. The van der Waals surface area contributed by atoms with Gasteiger partial charge in [0.2, 0.25) is 23.6 Å². The van der Waals surface area contributed by atoms with Crippen molar-refractivity contribution in [3.05, 3.63) is 117 Å². The molecule has 0 saturated carbocycles. The van der Waals surface area contributed by atoms with Crippen LogP contribution in [0.3, 0.4) is 0 Å². The molecule has 5 aromatic carbocycles. The Bertz CT molecular complexity index is 3300. The summed E-state index contributed by atoms with van der Waals surface area (Å²) in [6.45, 7) is 7.63. The predicted molar refractivity (Wildman–Crippen MR) is 393 cm³/mol. The SMILES string of the molecule is CNC(=O)C(N)(C(C)O)C(O)Cc1c(N)cc(C)cc1N.CNC(=O)C(N)(C(C)O)C(O)Cc1c(N)cccc1N.CNC(=O)C(N)(CO)C(O)Cc1c(N)cc(C)cc1N.CNC(=O)C(N)(CO)C(O)Cc1c(N)cccc1N.Cc1cc(N)c(CCCCC(O)CCCN)c(N)c1. The first kappa shape index (κ1) is 88.4. The van der Waals surface area contributed by atoms with Crippen LogP contribution >= 0.6 is 0 Å². The molecule has 0 heterocycles. The lowest BCUT2D eigenvalue weighted by Crippen LogP contribution is -2.67. The minimum atomic E-state index is -1.85. The topological polar surface area (TPSA) is 689 Å². The number of nitrogens with one attached hydrogen (secondary N) is 4. The zero-order valence-electron chi connectivity index (χ0n) is 58.5. The number of nitrogens with two attached hydrogens (primary N) is 15. The number of nitrogen functional groups attached to an aromatic ring is 10. The molecule has 0 spiro atoms. The number of aliphatic hydroxyl groups is 9. The number of carbonyl (C=O) groups is 4. The van der Waals surface area contributed by atoms with Crippen LogP contribution in [0.5, 0.6) is 0 Å². The second-order valence-electron chi connectivity index (χ2n) is 24.7. The molecule has 0 aliphatic carbocycles. The number of carbonyl (C=O) groups excluding carboxylic acids is 4. The van der Waals surface area contributed by atoms with Crippen LogP contribution in [0.25, 0.3) is 0 Å². The number of aryl methyl sites for hydroxylation is 3. The van der Waals surface area contributed by atoms with Crippen LogP contribution in [-0.2, 0) is 51.3 Å². The Morgan fingerprint density at radius 1 is 0.394 bits per heavy atom. The molecule has 0 bridgehead atoms. The number of benzene rings is 5. The van der Waals surface area contributed by atoms with Gasteiger partial charge in [0, 0.05) is 133 Å². The van der Waals surface area contributed by atoms with Gasteiger partial charge in [-0.2, -0.15) is 0 Å². The molecule has 11 unspecified atom stereocenters. The van der Waals surface area contributed by atoms with E-state index in [0.717, 1.165) is 72.2 Å². The maximum absolute atomic E-state index is 11.9. The number of amides is 4. The standard InChI is InChI=1S/C15H27N3O.C14H24N4O3.2C13H22N4O3.C12H20N4O3/c1-11-9-14(17)13(15(18)10-11)7-3-2-5-12(19)6-4-8-16;1-7-4-10(15)9(11(16)5-7)6-12(20)14(17,8(2)19)13(21)18-3;1-7-3-9(14)8(10(15)4-7)5-11(19)13(16,6-18)12(20)17-2;1-7(18)13(16,12(20)17-2)11(19)6-8-9(14)4-3-5-10(8)15;1-16-11(19)12(15,6-17)10(18)5-7-8(13)3-2-4-9(7)14/h9-10,12,19H,2-8,16-18H2,1H3;4-5,8,12,19-20H,6,15-17H2,1-3H3,(H,18,21);3-4,11,18-19H,5-6,14-16H2,1-2H3,(H,17,20);3-5,7,11,18-19H,6,14-16H2,1-2H3,(H,17,20);2-4,10,17-18H,5-6,13-15H2,1H3,(H,16,19). The maximum atomic E-state index is 11.9. The molecular formula is C67H115N19O13. The number of aliphatic hydroxyl groups excluding tert-OH is 9. The molecule has 32 heteroatoms. The van der Waals surface area contributed by atoms with Crippen molar-refractivity contribution in [1.82, 2.24) is 21.3 Å². The third-order valence-corrected chi connectivity index (χ3v) is 17.2. The third kappa shape index (κ3) is 24.1. The summed E-state index contributed by atoms with van der Waals surface area (Å²) >= 11 is 0. The van der Waals surface area contributed by atoms with E-state index in [2.05, 4.69) is 21.3 Å². The molecular weight excluding hydrogens is 1280 g/mol. The number of unbranched alkanes of at least 4 members (excludes halogenated alkanes) is 1. The van der Waals surface area contributed by atoms with Gasteiger partial charge in [0.1, 0.15) is 22.2 Å². The molecule has 0 fully saturated rings. The van der Waals surface area contributed by atoms with E-state index < -0.39 is 95.6 Å². The highest BCUT2D eigenvalue weighted by Crippen LogP contribution is 2.31. The van der Waals surface area contributed by atoms with Crippen molar-refractivity contribution in [2.45, 2.75) is 164 Å². The van der Waals surface area contributed by atoms with Crippen LogP contribution in [0.15, 0.2) is 72.8 Å². The Labute approximate surface area is 579 Å². The van der Waals surface area contributed by atoms with Gasteiger partial charge in [-0.25, -0.2) is 0 Å². The third-order valence-electron chi connectivity index (χ3n) is 17.2. The minimum absolute atomic E-state index is 0.0248. The first-order chi connectivity index (χ1) is 46.0. The summed E-state index contributed by atoms with van der Waals surface area (Å²) < 4.78 is 0. The largest absolute Gasteiger partial charge is 0.398 e. The van der Waals surface area contributed by atoms with E-state index in [1.165, 1.54) is 42.0 Å². The van der Waals surface area contributed by atoms with Gasteiger partial charge in [-0.15, -0.1) is 0 Å². The molecule has 4 amide bonds. The number of hydrogen-bond donors (Lipinski definition) is 28. The second-order valence-corrected chi connectivity index (χ2v) is 24.7. The van der Waals surface area contributed by atoms with Gasteiger partial charge in [0.15, 0.2) is 0 Å². The molecule has 5 rings (SSSR count). The van der Waals surface area contributed by atoms with Gasteiger partial charge in [0.25, 0.3) is 0 Å². The highest BCUT2D eigenvalue weighted by Gasteiger charge is 2.47. The Morgan fingerprint density at radius 3 is 0.899 bits per heavy atom. The molecule has 32 nitrogen and oxygen atoms in total. The van der Waals surface area contributed by atoms with E-state index in [-0.39, 0.29) is 31.8 Å². The average molecular weight is 1390 g/mol. The zero-order chi connectivity index (χ0) is 76.2. The van der Waals surface area contributed by atoms with Crippen molar-refractivity contribution in [3.8, 4) is 0 Å². The van der Waals surface area contributed by atoms with Crippen LogP contribution in [0.4, 0.5) is 56.9 Å². The summed E-state index contributed by atoms with van der Waals surface area (Å²) in [5.74, 6) is -2.63. The molecule has 0 aromatic heterocycles. The number of likely N-dealkylation sites (N-methyl/N-ethyl adjacent to an activating group) is 4. The van der Waals surface area contributed by atoms with Crippen molar-refractivity contribution in [3.63, 3.8) is 0 Å². The molecule has 0 radical (unpaired) electrons. The van der Waals surface area contributed by atoms with E-state index in [1.54, 1.807) is 60.7 Å². The summed E-state index contributed by atoms with van der Waals surface area (Å²) in [7, 11) is 5.51. The number of rotatable bonds is 28. The highest BCUT2D eigenvalue weighted by molar-refractivity contribution is 5.89. The predicted octanol–water partition coefficient (Wildman–Crippen LogP) is -3.87. The van der Waals surface area contributed by atoms with Gasteiger partial charge >= 0.3 is 0 Å². The molecule has 11 atom stereocenters. The van der Waals surface area contributed by atoms with Crippen molar-refractivity contribution < 1.29 is 65.1 Å². The van der Waals surface area contributed by atoms with E-state index in [1.807, 2.05) is 32.9 Å².